The molecule has 5 rings (SSSR count). The number of aliphatic carboxylic acids is 1. The monoisotopic (exact) mass is 370 g/mol. The number of carboxylic acids is 1. The fourth-order valence-electron chi connectivity index (χ4n) is 5.98. The second kappa shape index (κ2) is 7.06. The molecule has 4 bridgehead atoms. The first-order valence-corrected chi connectivity index (χ1v) is 9.93. The Bertz CT molecular complexity index is 708. The molecule has 4 saturated carbocycles. The predicted molar refractivity (Wildman–Crippen MR) is 101 cm³/mol. The Kier molecular flexibility index (Phi) is 4.74. The number of anilines is 1. The molecule has 2 N–H and O–H groups in total. The summed E-state index contributed by atoms with van der Waals surface area (Å²) in [6, 6.07) is 6.40. The van der Waals surface area contributed by atoms with Crippen molar-refractivity contribution in [3.63, 3.8) is 0 Å². The molecule has 0 aromatic heterocycles. The number of hydrogen-bond acceptors (Lipinski definition) is 4. The lowest BCUT2D eigenvalue weighted by molar-refractivity contribution is -0.140. The first-order chi connectivity index (χ1) is 13.0. The zero-order valence-electron chi connectivity index (χ0n) is 15.4. The summed E-state index contributed by atoms with van der Waals surface area (Å²) >= 11 is 0. The van der Waals surface area contributed by atoms with Gasteiger partial charge in [0.2, 0.25) is 5.91 Å². The molecular weight excluding hydrogens is 344 g/mol. The Labute approximate surface area is 158 Å². The minimum atomic E-state index is -0.942. The molecule has 0 aliphatic heterocycles. The Morgan fingerprint density at radius 3 is 2.11 bits per heavy atom. The van der Waals surface area contributed by atoms with Crippen molar-refractivity contribution in [3.8, 4) is 0 Å². The smallest absolute Gasteiger partial charge is 0.303 e. The van der Waals surface area contributed by atoms with Crippen LogP contribution in [0.5, 0.6) is 0 Å². The number of rotatable bonds is 7. The van der Waals surface area contributed by atoms with E-state index in [0.717, 1.165) is 42.7 Å². The lowest BCUT2D eigenvalue weighted by atomic mass is 9.49. The highest BCUT2D eigenvalue weighted by Crippen LogP contribution is 2.60. The summed E-state index contributed by atoms with van der Waals surface area (Å²) in [6.07, 6.45) is 7.06. The van der Waals surface area contributed by atoms with Crippen LogP contribution in [0.3, 0.4) is 0 Å². The topological polar surface area (TPSA) is 95.8 Å². The van der Waals surface area contributed by atoms with E-state index < -0.39 is 12.0 Å². The molecule has 4 aliphatic carbocycles. The summed E-state index contributed by atoms with van der Waals surface area (Å²) in [7, 11) is 0. The van der Waals surface area contributed by atoms with Crippen molar-refractivity contribution in [1.82, 2.24) is 0 Å². The molecule has 4 fully saturated rings. The summed E-state index contributed by atoms with van der Waals surface area (Å²) in [6.45, 7) is 0. The zero-order chi connectivity index (χ0) is 19.0. The molecule has 1 unspecified atom stereocenters. The Morgan fingerprint density at radius 2 is 1.63 bits per heavy atom. The normalized spacial score (nSPS) is 32.1. The maximum atomic E-state index is 13.1. The van der Waals surface area contributed by atoms with Crippen molar-refractivity contribution in [2.75, 3.05) is 5.32 Å². The third-order valence-electron chi connectivity index (χ3n) is 6.83. The van der Waals surface area contributed by atoms with Gasteiger partial charge in [0.15, 0.2) is 0 Å². The van der Waals surface area contributed by atoms with Crippen LogP contribution >= 0.6 is 0 Å². The van der Waals surface area contributed by atoms with Gasteiger partial charge in [-0.2, -0.15) is 4.91 Å². The lowest BCUT2D eigenvalue weighted by Gasteiger charge is -2.55. The van der Waals surface area contributed by atoms with Gasteiger partial charge < -0.3 is 10.4 Å². The molecule has 27 heavy (non-hydrogen) atoms. The highest BCUT2D eigenvalue weighted by atomic mass is 16.4. The minimum Gasteiger partial charge on any atom is -0.481 e. The highest BCUT2D eigenvalue weighted by Gasteiger charge is 2.54. The summed E-state index contributed by atoms with van der Waals surface area (Å²) < 4.78 is 0. The second-order valence-electron chi connectivity index (χ2n) is 8.83. The van der Waals surface area contributed by atoms with Gasteiger partial charge >= 0.3 is 5.97 Å². The van der Waals surface area contributed by atoms with Crippen LogP contribution in [0.1, 0.15) is 63.0 Å². The number of carbonyl (C=O) groups is 2. The largest absolute Gasteiger partial charge is 0.481 e. The first-order valence-electron chi connectivity index (χ1n) is 9.93. The van der Waals surface area contributed by atoms with Crippen molar-refractivity contribution < 1.29 is 14.7 Å². The number of nitrogens with zero attached hydrogens (tertiary/aromatic N) is 1. The van der Waals surface area contributed by atoms with Crippen molar-refractivity contribution in [2.45, 2.75) is 57.4 Å². The average Bonchev–Trinajstić information content (AvgIpc) is 2.62. The van der Waals surface area contributed by atoms with E-state index in [4.69, 9.17) is 5.11 Å². The third-order valence-corrected chi connectivity index (χ3v) is 6.83. The van der Waals surface area contributed by atoms with Gasteiger partial charge in [0, 0.05) is 12.1 Å². The molecule has 0 radical (unpaired) electrons. The number of nitrogens with one attached hydrogen (secondary N) is 1. The van der Waals surface area contributed by atoms with Gasteiger partial charge in [-0.1, -0.05) is 17.3 Å². The fraction of sp³-hybridized carbons (Fsp3) is 0.619. The van der Waals surface area contributed by atoms with E-state index in [1.165, 1.54) is 19.3 Å². The summed E-state index contributed by atoms with van der Waals surface area (Å²) in [4.78, 5) is 34.8. The number of carbonyl (C=O) groups excluding carboxylic acids is 1. The van der Waals surface area contributed by atoms with Crippen molar-refractivity contribution in [1.29, 1.82) is 0 Å². The number of carboxylic acid groups (broad SMARTS) is 1. The quantitative estimate of drug-likeness (QED) is 0.690. The van der Waals surface area contributed by atoms with Crippen molar-refractivity contribution in [2.24, 2.45) is 28.3 Å². The van der Waals surface area contributed by atoms with Crippen LogP contribution in [0.25, 0.3) is 0 Å². The van der Waals surface area contributed by atoms with Crippen LogP contribution in [0.2, 0.25) is 0 Å². The van der Waals surface area contributed by atoms with Crippen LogP contribution in [0, 0.1) is 28.1 Å². The maximum Gasteiger partial charge on any atom is 0.303 e. The molecule has 1 amide bonds. The van der Waals surface area contributed by atoms with Gasteiger partial charge in [0.05, 0.1) is 5.41 Å². The van der Waals surface area contributed by atoms with Gasteiger partial charge in [0.1, 0.15) is 6.04 Å². The Morgan fingerprint density at radius 1 is 1.07 bits per heavy atom. The van der Waals surface area contributed by atoms with Crippen LogP contribution < -0.4 is 5.32 Å². The summed E-state index contributed by atoms with van der Waals surface area (Å²) in [5.41, 5.74) is 1.21. The predicted octanol–water partition coefficient (Wildman–Crippen LogP) is 4.51. The molecule has 6 heteroatoms. The Balaban J connectivity index is 1.42. The van der Waals surface area contributed by atoms with Crippen LogP contribution in [-0.4, -0.2) is 17.0 Å². The van der Waals surface area contributed by atoms with E-state index in [2.05, 4.69) is 10.5 Å². The summed E-state index contributed by atoms with van der Waals surface area (Å²) in [5.74, 6) is 1.36. The van der Waals surface area contributed by atoms with E-state index in [-0.39, 0.29) is 24.2 Å². The molecule has 0 saturated heterocycles. The van der Waals surface area contributed by atoms with E-state index in [1.807, 2.05) is 0 Å². The molecule has 1 atom stereocenters. The van der Waals surface area contributed by atoms with Crippen LogP contribution in [-0.2, 0) is 9.59 Å². The molecule has 0 heterocycles. The van der Waals surface area contributed by atoms with Gasteiger partial charge in [-0.15, -0.1) is 0 Å². The zero-order valence-corrected chi connectivity index (χ0v) is 15.4. The van der Waals surface area contributed by atoms with Gasteiger partial charge in [-0.25, -0.2) is 0 Å². The fourth-order valence-corrected chi connectivity index (χ4v) is 5.98. The molecule has 0 spiro atoms. The average molecular weight is 370 g/mol. The number of amides is 1. The molecule has 1 aromatic carbocycles. The molecule has 1 aromatic rings. The van der Waals surface area contributed by atoms with Crippen molar-refractivity contribution >= 4 is 17.6 Å². The Hall–Kier alpha value is -2.24. The van der Waals surface area contributed by atoms with Crippen LogP contribution in [0.15, 0.2) is 29.4 Å². The van der Waals surface area contributed by atoms with E-state index in [0.29, 0.717) is 5.56 Å². The number of benzene rings is 1. The van der Waals surface area contributed by atoms with Crippen LogP contribution in [0.4, 0.5) is 5.69 Å². The maximum absolute atomic E-state index is 13.1. The van der Waals surface area contributed by atoms with Gasteiger partial charge in [-0.05, 0) is 80.4 Å². The molecule has 144 valence electrons. The highest BCUT2D eigenvalue weighted by molar-refractivity contribution is 5.95. The number of nitroso groups, excluding NO2 is 1. The third kappa shape index (κ3) is 3.62. The van der Waals surface area contributed by atoms with Gasteiger partial charge in [-0.3, -0.25) is 9.59 Å². The lowest BCUT2D eigenvalue weighted by Crippen LogP contribution is -2.51. The SMILES string of the molecule is O=NC(CCC(=O)O)c1ccc(NC(=O)C23CC4CC(CC(C4)C2)C3)cc1. The number of hydrogen-bond donors (Lipinski definition) is 2. The van der Waals surface area contributed by atoms with Gasteiger partial charge in [0.25, 0.3) is 0 Å². The summed E-state index contributed by atoms with van der Waals surface area (Å²) in [5, 5.41) is 14.9. The standard InChI is InChI=1S/C21H26N2O4/c24-19(25)6-5-18(23-27)16-1-3-17(4-2-16)22-20(26)21-10-13-7-14(11-21)9-15(8-13)12-21/h1-4,13-15,18H,5-12H2,(H,22,26)(H,24,25). The molecule has 6 nitrogen and oxygen atoms in total. The molecular formula is C21H26N2O4. The first kappa shape index (κ1) is 18.1. The van der Waals surface area contributed by atoms with Crippen molar-refractivity contribution in [3.05, 3.63) is 34.7 Å². The minimum absolute atomic E-state index is 0.0963. The van der Waals surface area contributed by atoms with E-state index >= 15 is 0 Å². The molecule has 4 aliphatic rings. The second-order valence-corrected chi connectivity index (χ2v) is 8.83. The van der Waals surface area contributed by atoms with E-state index in [1.54, 1.807) is 24.3 Å². The van der Waals surface area contributed by atoms with E-state index in [9.17, 15) is 14.5 Å².